The second kappa shape index (κ2) is 3.73. The van der Waals surface area contributed by atoms with E-state index in [1.54, 1.807) is 0 Å². The molecule has 72 valence electrons. The van der Waals surface area contributed by atoms with Crippen LogP contribution >= 0.6 is 0 Å². The molecule has 0 saturated carbocycles. The Morgan fingerprint density at radius 2 is 2.33 bits per heavy atom. The van der Waals surface area contributed by atoms with Gasteiger partial charge in [0.15, 0.2) is 0 Å². The van der Waals surface area contributed by atoms with Crippen LogP contribution in [0.5, 0.6) is 0 Å². The molecule has 3 heteroatoms. The average molecular weight is 172 g/mol. The lowest BCUT2D eigenvalue weighted by Crippen LogP contribution is -2.42. The van der Waals surface area contributed by atoms with Crippen molar-refractivity contribution >= 4 is 0 Å². The van der Waals surface area contributed by atoms with Crippen molar-refractivity contribution in [1.29, 1.82) is 0 Å². The molecule has 3 N–H and O–H groups in total. The van der Waals surface area contributed by atoms with Gasteiger partial charge in [0.2, 0.25) is 0 Å². The van der Waals surface area contributed by atoms with Crippen LogP contribution in [0.4, 0.5) is 0 Å². The Morgan fingerprint density at radius 1 is 1.67 bits per heavy atom. The molecule has 3 nitrogen and oxygen atoms in total. The van der Waals surface area contributed by atoms with Crippen LogP contribution in [0.1, 0.15) is 20.3 Å². The first kappa shape index (κ1) is 9.96. The van der Waals surface area contributed by atoms with Crippen molar-refractivity contribution in [3.63, 3.8) is 0 Å². The number of β-amino-alcohol motifs (C(OH)–C–C–N with tert-alkyl or cyclic N) is 1. The molecular formula is C9H20N2O. The molecule has 0 aromatic carbocycles. The van der Waals surface area contributed by atoms with Crippen molar-refractivity contribution in [3.8, 4) is 0 Å². The first-order valence-corrected chi connectivity index (χ1v) is 4.77. The fourth-order valence-corrected chi connectivity index (χ4v) is 1.79. The van der Waals surface area contributed by atoms with E-state index in [9.17, 15) is 5.11 Å². The molecule has 0 aliphatic carbocycles. The molecule has 1 fully saturated rings. The van der Waals surface area contributed by atoms with E-state index in [-0.39, 0.29) is 5.92 Å². The van der Waals surface area contributed by atoms with Crippen molar-refractivity contribution < 1.29 is 5.11 Å². The second-order valence-electron chi connectivity index (χ2n) is 3.86. The smallest absolute Gasteiger partial charge is 0.0823 e. The summed E-state index contributed by atoms with van der Waals surface area (Å²) in [6, 6.07) is 0. The summed E-state index contributed by atoms with van der Waals surface area (Å²) in [4.78, 5) is 2.27. The normalized spacial score (nSPS) is 34.0. The Balaban J connectivity index is 2.51. The Hall–Kier alpha value is -0.120. The molecule has 2 atom stereocenters. The van der Waals surface area contributed by atoms with Gasteiger partial charge in [-0.3, -0.25) is 0 Å². The summed E-state index contributed by atoms with van der Waals surface area (Å²) in [5, 5.41) is 10.1. The number of nitrogens with two attached hydrogens (primary N) is 1. The molecule has 2 unspecified atom stereocenters. The standard InChI is InChI=1S/C9H20N2O/c1-3-11-5-4-9(12,7-11)8(2)6-10/h8,12H,3-7,10H2,1-2H3. The predicted molar refractivity (Wildman–Crippen MR) is 49.9 cm³/mol. The minimum Gasteiger partial charge on any atom is -0.388 e. The summed E-state index contributed by atoms with van der Waals surface area (Å²) in [5.41, 5.74) is 5.02. The van der Waals surface area contributed by atoms with Crippen molar-refractivity contribution in [2.75, 3.05) is 26.2 Å². The van der Waals surface area contributed by atoms with Gasteiger partial charge in [-0.15, -0.1) is 0 Å². The van der Waals surface area contributed by atoms with E-state index in [4.69, 9.17) is 5.73 Å². The Kier molecular flexibility index (Phi) is 3.09. The molecule has 0 spiro atoms. The number of likely N-dealkylation sites (tertiary alicyclic amines) is 1. The largest absolute Gasteiger partial charge is 0.388 e. The lowest BCUT2D eigenvalue weighted by Gasteiger charge is -2.29. The second-order valence-corrected chi connectivity index (χ2v) is 3.86. The van der Waals surface area contributed by atoms with Gasteiger partial charge >= 0.3 is 0 Å². The molecular weight excluding hydrogens is 152 g/mol. The van der Waals surface area contributed by atoms with E-state index in [1.165, 1.54) is 0 Å². The van der Waals surface area contributed by atoms with Crippen LogP contribution in [-0.2, 0) is 0 Å². The van der Waals surface area contributed by atoms with Crippen molar-refractivity contribution in [3.05, 3.63) is 0 Å². The van der Waals surface area contributed by atoms with Crippen molar-refractivity contribution in [2.24, 2.45) is 11.7 Å². The quantitative estimate of drug-likeness (QED) is 0.632. The summed E-state index contributed by atoms with van der Waals surface area (Å²) < 4.78 is 0. The number of likely N-dealkylation sites (N-methyl/N-ethyl adjacent to an activating group) is 1. The van der Waals surface area contributed by atoms with Crippen LogP contribution in [-0.4, -0.2) is 41.8 Å². The Bertz CT molecular complexity index is 151. The van der Waals surface area contributed by atoms with Gasteiger partial charge in [-0.1, -0.05) is 13.8 Å². The predicted octanol–water partition coefficient (Wildman–Crippen LogP) is 0.0379. The molecule has 0 aromatic heterocycles. The van der Waals surface area contributed by atoms with E-state index in [0.29, 0.717) is 6.54 Å². The maximum absolute atomic E-state index is 10.1. The Labute approximate surface area is 74.5 Å². The van der Waals surface area contributed by atoms with Gasteiger partial charge in [-0.2, -0.15) is 0 Å². The van der Waals surface area contributed by atoms with Crippen LogP contribution in [0.2, 0.25) is 0 Å². The SMILES string of the molecule is CCN1CCC(O)(C(C)CN)C1. The number of aliphatic hydroxyl groups is 1. The number of hydrogen-bond donors (Lipinski definition) is 2. The summed E-state index contributed by atoms with van der Waals surface area (Å²) in [5.74, 6) is 0.217. The summed E-state index contributed by atoms with van der Waals surface area (Å²) in [6.45, 7) is 7.56. The fourth-order valence-electron chi connectivity index (χ4n) is 1.79. The van der Waals surface area contributed by atoms with Crippen LogP contribution in [0.25, 0.3) is 0 Å². The van der Waals surface area contributed by atoms with Gasteiger partial charge in [0.05, 0.1) is 5.60 Å². The first-order valence-electron chi connectivity index (χ1n) is 4.77. The van der Waals surface area contributed by atoms with E-state index in [0.717, 1.165) is 26.1 Å². The first-order chi connectivity index (χ1) is 5.62. The van der Waals surface area contributed by atoms with E-state index >= 15 is 0 Å². The highest BCUT2D eigenvalue weighted by Crippen LogP contribution is 2.27. The number of rotatable bonds is 3. The third-order valence-electron chi connectivity index (χ3n) is 3.08. The van der Waals surface area contributed by atoms with Crippen LogP contribution in [0.15, 0.2) is 0 Å². The Morgan fingerprint density at radius 3 is 2.75 bits per heavy atom. The van der Waals surface area contributed by atoms with Crippen LogP contribution in [0, 0.1) is 5.92 Å². The van der Waals surface area contributed by atoms with Gasteiger partial charge in [-0.05, 0) is 25.4 Å². The van der Waals surface area contributed by atoms with E-state index in [1.807, 2.05) is 6.92 Å². The van der Waals surface area contributed by atoms with Crippen LogP contribution < -0.4 is 5.73 Å². The molecule has 0 radical (unpaired) electrons. The minimum atomic E-state index is -0.523. The topological polar surface area (TPSA) is 49.5 Å². The summed E-state index contributed by atoms with van der Waals surface area (Å²) in [6.07, 6.45) is 0.874. The number of hydrogen-bond acceptors (Lipinski definition) is 3. The lowest BCUT2D eigenvalue weighted by molar-refractivity contribution is 0.00175. The third kappa shape index (κ3) is 1.79. The third-order valence-corrected chi connectivity index (χ3v) is 3.08. The van der Waals surface area contributed by atoms with Gasteiger partial charge in [0, 0.05) is 13.1 Å². The van der Waals surface area contributed by atoms with E-state index < -0.39 is 5.60 Å². The number of nitrogens with zero attached hydrogens (tertiary/aromatic N) is 1. The molecule has 12 heavy (non-hydrogen) atoms. The molecule has 0 aromatic rings. The zero-order valence-corrected chi connectivity index (χ0v) is 8.08. The zero-order chi connectivity index (χ0) is 9.19. The molecule has 1 aliphatic rings. The lowest BCUT2D eigenvalue weighted by atomic mass is 9.88. The maximum Gasteiger partial charge on any atom is 0.0823 e. The molecule has 1 saturated heterocycles. The minimum absolute atomic E-state index is 0.217. The summed E-state index contributed by atoms with van der Waals surface area (Å²) >= 11 is 0. The zero-order valence-electron chi connectivity index (χ0n) is 8.08. The highest BCUT2D eigenvalue weighted by molar-refractivity contribution is 4.93. The molecule has 0 amide bonds. The monoisotopic (exact) mass is 172 g/mol. The van der Waals surface area contributed by atoms with Crippen molar-refractivity contribution in [2.45, 2.75) is 25.9 Å². The molecule has 0 bridgehead atoms. The molecule has 1 heterocycles. The average Bonchev–Trinajstić information content (AvgIpc) is 2.47. The fraction of sp³-hybridized carbons (Fsp3) is 1.00. The highest BCUT2D eigenvalue weighted by Gasteiger charge is 2.39. The highest BCUT2D eigenvalue weighted by atomic mass is 16.3. The van der Waals surface area contributed by atoms with Gasteiger partial charge in [-0.25, -0.2) is 0 Å². The molecule has 1 rings (SSSR count). The van der Waals surface area contributed by atoms with Crippen LogP contribution in [0.3, 0.4) is 0 Å². The van der Waals surface area contributed by atoms with Crippen molar-refractivity contribution in [1.82, 2.24) is 4.90 Å². The van der Waals surface area contributed by atoms with Gasteiger partial charge in [0.1, 0.15) is 0 Å². The van der Waals surface area contributed by atoms with Gasteiger partial charge < -0.3 is 15.7 Å². The van der Waals surface area contributed by atoms with E-state index in [2.05, 4.69) is 11.8 Å². The maximum atomic E-state index is 10.1. The summed E-state index contributed by atoms with van der Waals surface area (Å²) in [7, 11) is 0. The molecule has 1 aliphatic heterocycles. The van der Waals surface area contributed by atoms with Gasteiger partial charge in [0.25, 0.3) is 0 Å².